The van der Waals surface area contributed by atoms with Crippen LogP contribution in [0.5, 0.6) is 0 Å². The quantitative estimate of drug-likeness (QED) is 0.839. The minimum Gasteiger partial charge on any atom is -0.478 e. The molecule has 0 amide bonds. The first-order valence-electron chi connectivity index (χ1n) is 7.04. The summed E-state index contributed by atoms with van der Waals surface area (Å²) in [4.78, 5) is 32.3. The highest BCUT2D eigenvalue weighted by Gasteiger charge is 2.49. The maximum absolute atomic E-state index is 12.2. The Morgan fingerprint density at radius 2 is 2.23 bits per heavy atom. The van der Waals surface area contributed by atoms with E-state index in [0.29, 0.717) is 5.56 Å². The summed E-state index contributed by atoms with van der Waals surface area (Å²) in [5.41, 5.74) is 0.153. The van der Waals surface area contributed by atoms with Crippen LogP contribution in [0.2, 0.25) is 0 Å². The van der Waals surface area contributed by atoms with E-state index in [0.717, 1.165) is 4.76 Å². The summed E-state index contributed by atoms with van der Waals surface area (Å²) in [5, 5.41) is 9.39. The average molecular weight is 306 g/mol. The minimum atomic E-state index is -1.14. The monoisotopic (exact) mass is 306 g/mol. The van der Waals surface area contributed by atoms with Crippen LogP contribution in [0.1, 0.15) is 42.4 Å². The molecule has 1 aromatic rings. The number of amidine groups is 1. The Balaban J connectivity index is 2.52. The molecule has 1 aliphatic heterocycles. The van der Waals surface area contributed by atoms with Gasteiger partial charge in [0.25, 0.3) is 0 Å². The molecule has 1 unspecified atom stereocenters. The summed E-state index contributed by atoms with van der Waals surface area (Å²) in [6.07, 6.45) is 1.51. The van der Waals surface area contributed by atoms with E-state index in [1.165, 1.54) is 19.4 Å². The molecule has 2 rings (SSSR count). The Morgan fingerprint density at radius 1 is 1.55 bits per heavy atom. The number of aromatic carboxylic acids is 1. The van der Waals surface area contributed by atoms with Gasteiger partial charge in [-0.05, 0) is 23.3 Å². The SMILES string of the molecule is COCc1cnc(C2=NC(C)(C(C)C)C[N+]2=O)c(C(=O)O)c1. The molecule has 1 aliphatic rings. The first kappa shape index (κ1) is 16.2. The Labute approximate surface area is 128 Å². The van der Waals surface area contributed by atoms with Crippen LogP contribution in [0.25, 0.3) is 0 Å². The molecule has 7 heteroatoms. The summed E-state index contributed by atoms with van der Waals surface area (Å²) in [5.74, 6) is -0.908. The Morgan fingerprint density at radius 3 is 2.73 bits per heavy atom. The van der Waals surface area contributed by atoms with Gasteiger partial charge in [-0.25, -0.2) is 9.78 Å². The molecule has 0 spiro atoms. The lowest BCUT2D eigenvalue weighted by Gasteiger charge is -2.15. The molecule has 1 atom stereocenters. The molecule has 0 fully saturated rings. The largest absolute Gasteiger partial charge is 0.478 e. The second kappa shape index (κ2) is 5.92. The average Bonchev–Trinajstić information content (AvgIpc) is 2.75. The zero-order valence-corrected chi connectivity index (χ0v) is 13.2. The number of hydrogen-bond donors (Lipinski definition) is 1. The Hall–Kier alpha value is -2.15. The lowest BCUT2D eigenvalue weighted by molar-refractivity contribution is -0.428. The molecular formula is C15H20N3O4+. The van der Waals surface area contributed by atoms with Crippen LogP contribution in [0.4, 0.5) is 0 Å². The molecular weight excluding hydrogens is 286 g/mol. The van der Waals surface area contributed by atoms with E-state index < -0.39 is 11.5 Å². The van der Waals surface area contributed by atoms with Crippen LogP contribution in [0, 0.1) is 10.8 Å². The van der Waals surface area contributed by atoms with E-state index in [1.807, 2.05) is 20.8 Å². The van der Waals surface area contributed by atoms with Crippen molar-refractivity contribution in [1.29, 1.82) is 0 Å². The number of hydrogen-bond acceptors (Lipinski definition) is 5. The Bertz CT molecular complexity index is 654. The third-order valence-corrected chi connectivity index (χ3v) is 4.00. The Kier molecular flexibility index (Phi) is 4.37. The van der Waals surface area contributed by atoms with Crippen molar-refractivity contribution in [3.05, 3.63) is 34.0 Å². The second-order valence-corrected chi connectivity index (χ2v) is 5.96. The van der Waals surface area contributed by atoms with Crippen LogP contribution in [-0.4, -0.2) is 45.8 Å². The summed E-state index contributed by atoms with van der Waals surface area (Å²) in [6, 6.07) is 1.47. The fraction of sp³-hybridized carbons (Fsp3) is 0.533. The van der Waals surface area contributed by atoms with Gasteiger partial charge < -0.3 is 9.84 Å². The maximum Gasteiger partial charge on any atom is 0.383 e. The number of carboxylic acids is 1. The van der Waals surface area contributed by atoms with E-state index >= 15 is 0 Å². The molecule has 0 bridgehead atoms. The third-order valence-electron chi connectivity index (χ3n) is 4.00. The van der Waals surface area contributed by atoms with Crippen LogP contribution < -0.4 is 0 Å². The van der Waals surface area contributed by atoms with Crippen molar-refractivity contribution in [1.82, 2.24) is 4.98 Å². The lowest BCUT2D eigenvalue weighted by Crippen LogP contribution is -2.32. The van der Waals surface area contributed by atoms with Crippen molar-refractivity contribution in [3.8, 4) is 0 Å². The molecule has 22 heavy (non-hydrogen) atoms. The standard InChI is InChI=1S/C15H19N3O4/c1-9(2)15(3)8-18(21)13(17-15)12-11(14(19)20)5-10(6-16-12)7-22-4/h5-6,9H,7-8H2,1-4H3/p+1. The van der Waals surface area contributed by atoms with Crippen molar-refractivity contribution in [2.24, 2.45) is 10.9 Å². The summed E-state index contributed by atoms with van der Waals surface area (Å²) in [6.45, 7) is 6.29. The first-order valence-corrected chi connectivity index (χ1v) is 7.04. The van der Waals surface area contributed by atoms with Gasteiger partial charge in [-0.1, -0.05) is 23.7 Å². The summed E-state index contributed by atoms with van der Waals surface area (Å²) < 4.78 is 5.71. The zero-order valence-electron chi connectivity index (χ0n) is 13.2. The number of aliphatic imine (C=N–C) groups is 1. The zero-order chi connectivity index (χ0) is 16.5. The molecule has 0 aromatic carbocycles. The van der Waals surface area contributed by atoms with E-state index in [1.54, 1.807) is 0 Å². The number of methoxy groups -OCH3 is 1. The van der Waals surface area contributed by atoms with Crippen LogP contribution in [0.3, 0.4) is 0 Å². The molecule has 7 nitrogen and oxygen atoms in total. The fourth-order valence-electron chi connectivity index (χ4n) is 2.28. The van der Waals surface area contributed by atoms with Crippen LogP contribution in [0.15, 0.2) is 17.3 Å². The topological polar surface area (TPSA) is 91.9 Å². The fourth-order valence-corrected chi connectivity index (χ4v) is 2.28. The third kappa shape index (κ3) is 2.89. The molecule has 1 N–H and O–H groups in total. The van der Waals surface area contributed by atoms with Gasteiger partial charge in [0.2, 0.25) is 0 Å². The van der Waals surface area contributed by atoms with Crippen molar-refractivity contribution in [3.63, 3.8) is 0 Å². The number of carboxylic acid groups (broad SMARTS) is 1. The van der Waals surface area contributed by atoms with Gasteiger partial charge in [0.1, 0.15) is 0 Å². The smallest absolute Gasteiger partial charge is 0.383 e. The predicted molar refractivity (Wildman–Crippen MR) is 80.2 cm³/mol. The summed E-state index contributed by atoms with van der Waals surface area (Å²) >= 11 is 0. The van der Waals surface area contributed by atoms with E-state index in [2.05, 4.69) is 9.98 Å². The first-order chi connectivity index (χ1) is 10.3. The lowest BCUT2D eigenvalue weighted by atomic mass is 9.90. The van der Waals surface area contributed by atoms with Crippen LogP contribution in [-0.2, 0) is 11.3 Å². The molecule has 0 saturated heterocycles. The molecule has 118 valence electrons. The predicted octanol–water partition coefficient (Wildman–Crippen LogP) is 1.88. The van der Waals surface area contributed by atoms with Crippen molar-refractivity contribution < 1.29 is 19.4 Å². The van der Waals surface area contributed by atoms with E-state index in [9.17, 15) is 14.8 Å². The number of aromatic nitrogens is 1. The number of ether oxygens (including phenoxy) is 1. The maximum atomic E-state index is 12.2. The highest BCUT2D eigenvalue weighted by molar-refractivity contribution is 6.03. The second-order valence-electron chi connectivity index (χ2n) is 5.96. The van der Waals surface area contributed by atoms with Gasteiger partial charge in [0.15, 0.2) is 17.8 Å². The summed E-state index contributed by atoms with van der Waals surface area (Å²) in [7, 11) is 1.52. The van der Waals surface area contributed by atoms with Crippen molar-refractivity contribution in [2.75, 3.05) is 13.7 Å². The van der Waals surface area contributed by atoms with Gasteiger partial charge in [0.05, 0.1) is 12.2 Å². The normalized spacial score (nSPS) is 21.3. The number of nitrogens with zero attached hydrogens (tertiary/aromatic N) is 3. The number of nitroso groups, excluding NO2 is 1. The molecule has 0 aliphatic carbocycles. The van der Waals surface area contributed by atoms with Gasteiger partial charge in [-0.2, -0.15) is 0 Å². The number of carbonyl (C=O) groups is 1. The van der Waals surface area contributed by atoms with Crippen molar-refractivity contribution >= 4 is 11.8 Å². The molecule has 2 heterocycles. The van der Waals surface area contributed by atoms with Gasteiger partial charge in [0, 0.05) is 19.2 Å². The van der Waals surface area contributed by atoms with E-state index in [4.69, 9.17) is 4.74 Å². The van der Waals surface area contributed by atoms with Crippen molar-refractivity contribution in [2.45, 2.75) is 32.9 Å². The van der Waals surface area contributed by atoms with Crippen LogP contribution >= 0.6 is 0 Å². The molecule has 0 radical (unpaired) electrons. The van der Waals surface area contributed by atoms with E-state index in [-0.39, 0.29) is 36.2 Å². The highest BCUT2D eigenvalue weighted by atomic mass is 16.5. The number of pyridine rings is 1. The van der Waals surface area contributed by atoms with Gasteiger partial charge in [-0.15, -0.1) is 0 Å². The molecule has 0 saturated carbocycles. The minimum absolute atomic E-state index is 0.0397. The highest BCUT2D eigenvalue weighted by Crippen LogP contribution is 2.28. The van der Waals surface area contributed by atoms with Gasteiger partial charge in [-0.3, -0.25) is 0 Å². The number of rotatable bonds is 5. The van der Waals surface area contributed by atoms with Gasteiger partial charge >= 0.3 is 11.8 Å². The molecule has 1 aromatic heterocycles.